The van der Waals surface area contributed by atoms with Gasteiger partial charge in [0.05, 0.1) is 5.69 Å². The number of aryl methyl sites for hydroxylation is 2. The average molecular weight is 238 g/mol. The molecule has 0 fully saturated rings. The summed E-state index contributed by atoms with van der Waals surface area (Å²) in [6.07, 6.45) is 0. The molecular formula is C15H16N3+. The van der Waals surface area contributed by atoms with Gasteiger partial charge in [-0.2, -0.15) is 5.26 Å². The lowest BCUT2D eigenvalue weighted by Crippen LogP contribution is -2.18. The molecule has 0 aliphatic rings. The zero-order valence-corrected chi connectivity index (χ0v) is 10.6. The summed E-state index contributed by atoms with van der Waals surface area (Å²) in [6, 6.07) is 14.3. The highest BCUT2D eigenvalue weighted by molar-refractivity contribution is 5.52. The third-order valence-corrected chi connectivity index (χ3v) is 2.82. The smallest absolute Gasteiger partial charge is 0.269 e. The standard InChI is InChI=1S/C15H15N3/c1-11-8-12(2)18-15(14(11)9-16)17-10-13-6-4-3-5-7-13/h3-8H,10H2,1-2H3,(H,17,18)/p+1. The molecule has 0 spiro atoms. The van der Waals surface area contributed by atoms with Crippen LogP contribution in [0.25, 0.3) is 0 Å². The van der Waals surface area contributed by atoms with Crippen molar-refractivity contribution in [3.8, 4) is 6.07 Å². The first-order chi connectivity index (χ1) is 8.70. The molecule has 18 heavy (non-hydrogen) atoms. The van der Waals surface area contributed by atoms with E-state index in [2.05, 4.69) is 28.5 Å². The Bertz CT molecular complexity index is 583. The number of H-pyrrole nitrogens is 1. The number of nitrogens with one attached hydrogen (secondary N) is 2. The Labute approximate surface area is 107 Å². The molecule has 0 aliphatic heterocycles. The Kier molecular flexibility index (Phi) is 3.59. The highest BCUT2D eigenvalue weighted by Gasteiger charge is 2.13. The van der Waals surface area contributed by atoms with E-state index in [9.17, 15) is 5.26 Å². The summed E-state index contributed by atoms with van der Waals surface area (Å²) < 4.78 is 0. The van der Waals surface area contributed by atoms with Crippen molar-refractivity contribution in [1.29, 1.82) is 5.26 Å². The van der Waals surface area contributed by atoms with Crippen LogP contribution in [0.3, 0.4) is 0 Å². The molecule has 3 nitrogen and oxygen atoms in total. The van der Waals surface area contributed by atoms with Gasteiger partial charge in [0.1, 0.15) is 18.2 Å². The largest absolute Gasteiger partial charge is 0.291 e. The van der Waals surface area contributed by atoms with E-state index in [1.54, 1.807) is 0 Å². The number of aromatic nitrogens is 1. The molecule has 0 aliphatic carbocycles. The van der Waals surface area contributed by atoms with Gasteiger partial charge in [0.25, 0.3) is 5.82 Å². The summed E-state index contributed by atoms with van der Waals surface area (Å²) in [5, 5.41) is 12.5. The summed E-state index contributed by atoms with van der Waals surface area (Å²) >= 11 is 0. The van der Waals surface area contributed by atoms with Crippen LogP contribution >= 0.6 is 0 Å². The zero-order chi connectivity index (χ0) is 13.0. The molecule has 1 heterocycles. The van der Waals surface area contributed by atoms with Crippen LogP contribution in [0.1, 0.15) is 22.4 Å². The molecule has 1 aromatic heterocycles. The van der Waals surface area contributed by atoms with Gasteiger partial charge in [0.15, 0.2) is 0 Å². The second-order valence-corrected chi connectivity index (χ2v) is 4.34. The third-order valence-electron chi connectivity index (χ3n) is 2.82. The Morgan fingerprint density at radius 2 is 1.94 bits per heavy atom. The lowest BCUT2D eigenvalue weighted by atomic mass is 10.1. The molecule has 0 saturated heterocycles. The number of hydrogen-bond donors (Lipinski definition) is 1. The van der Waals surface area contributed by atoms with Gasteiger partial charge in [-0.3, -0.25) is 5.32 Å². The van der Waals surface area contributed by atoms with Crippen LogP contribution < -0.4 is 10.3 Å². The van der Waals surface area contributed by atoms with Crippen molar-refractivity contribution in [3.63, 3.8) is 0 Å². The lowest BCUT2D eigenvalue weighted by Gasteiger charge is -2.04. The number of nitriles is 1. The molecular weight excluding hydrogens is 222 g/mol. The predicted molar refractivity (Wildman–Crippen MR) is 71.0 cm³/mol. The molecule has 2 aromatic rings. The molecule has 3 heteroatoms. The molecule has 1 aromatic carbocycles. The van der Waals surface area contributed by atoms with E-state index in [1.165, 1.54) is 5.56 Å². The number of aromatic amines is 1. The normalized spacial score (nSPS) is 9.83. The minimum Gasteiger partial charge on any atom is -0.269 e. The summed E-state index contributed by atoms with van der Waals surface area (Å²) in [6.45, 7) is 4.64. The van der Waals surface area contributed by atoms with Gasteiger partial charge in [-0.15, -0.1) is 0 Å². The van der Waals surface area contributed by atoms with Crippen LogP contribution in [0.4, 0.5) is 5.82 Å². The third kappa shape index (κ3) is 2.67. The first kappa shape index (κ1) is 12.1. The van der Waals surface area contributed by atoms with Crippen LogP contribution in [0.2, 0.25) is 0 Å². The van der Waals surface area contributed by atoms with E-state index in [0.717, 1.165) is 17.1 Å². The Hall–Kier alpha value is -2.34. The van der Waals surface area contributed by atoms with Crippen LogP contribution in [-0.2, 0) is 6.54 Å². The molecule has 0 bridgehead atoms. The summed E-state index contributed by atoms with van der Waals surface area (Å²) in [7, 11) is 0. The van der Waals surface area contributed by atoms with Gasteiger partial charge in [0, 0.05) is 0 Å². The first-order valence-electron chi connectivity index (χ1n) is 5.92. The van der Waals surface area contributed by atoms with Gasteiger partial charge in [-0.05, 0) is 31.0 Å². The number of anilines is 1. The molecule has 90 valence electrons. The molecule has 0 unspecified atom stereocenters. The average Bonchev–Trinajstić information content (AvgIpc) is 2.37. The lowest BCUT2D eigenvalue weighted by molar-refractivity contribution is -0.371. The van der Waals surface area contributed by atoms with E-state index in [0.29, 0.717) is 12.1 Å². The summed E-state index contributed by atoms with van der Waals surface area (Å²) in [5.74, 6) is 0.791. The molecule has 2 rings (SSSR count). The minimum atomic E-state index is 0.677. The van der Waals surface area contributed by atoms with Crippen LogP contribution in [-0.4, -0.2) is 0 Å². The van der Waals surface area contributed by atoms with Crippen molar-refractivity contribution in [3.05, 3.63) is 58.8 Å². The monoisotopic (exact) mass is 238 g/mol. The van der Waals surface area contributed by atoms with Gasteiger partial charge in [-0.25, -0.2) is 4.98 Å². The van der Waals surface area contributed by atoms with Crippen molar-refractivity contribution in [2.24, 2.45) is 0 Å². The van der Waals surface area contributed by atoms with Gasteiger partial charge in [0.2, 0.25) is 0 Å². The van der Waals surface area contributed by atoms with Crippen LogP contribution in [0.5, 0.6) is 0 Å². The fourth-order valence-electron chi connectivity index (χ4n) is 1.95. The zero-order valence-electron chi connectivity index (χ0n) is 10.6. The Morgan fingerprint density at radius 1 is 1.22 bits per heavy atom. The van der Waals surface area contributed by atoms with E-state index in [1.807, 2.05) is 38.1 Å². The van der Waals surface area contributed by atoms with Gasteiger partial charge < -0.3 is 0 Å². The van der Waals surface area contributed by atoms with Crippen molar-refractivity contribution in [2.75, 3.05) is 5.32 Å². The van der Waals surface area contributed by atoms with Crippen LogP contribution in [0, 0.1) is 25.2 Å². The van der Waals surface area contributed by atoms with Gasteiger partial charge >= 0.3 is 0 Å². The molecule has 0 amide bonds. The maximum absolute atomic E-state index is 9.18. The topological polar surface area (TPSA) is 50.0 Å². The predicted octanol–water partition coefficient (Wildman–Crippen LogP) is 2.60. The Morgan fingerprint density at radius 3 is 2.61 bits per heavy atom. The number of benzene rings is 1. The van der Waals surface area contributed by atoms with E-state index in [4.69, 9.17) is 0 Å². The van der Waals surface area contributed by atoms with E-state index in [-0.39, 0.29) is 0 Å². The van der Waals surface area contributed by atoms with Crippen molar-refractivity contribution in [2.45, 2.75) is 20.4 Å². The van der Waals surface area contributed by atoms with E-state index < -0.39 is 0 Å². The quantitative estimate of drug-likeness (QED) is 0.893. The number of hydrogen-bond acceptors (Lipinski definition) is 2. The van der Waals surface area contributed by atoms with E-state index >= 15 is 0 Å². The minimum absolute atomic E-state index is 0.677. The highest BCUT2D eigenvalue weighted by Crippen LogP contribution is 2.14. The maximum atomic E-state index is 9.18. The maximum Gasteiger partial charge on any atom is 0.291 e. The SMILES string of the molecule is Cc1cc(C)c(C#N)c(NCc2ccccc2)[nH+]1. The molecule has 2 N–H and O–H groups in total. The number of pyridine rings is 1. The number of nitrogens with zero attached hydrogens (tertiary/aromatic N) is 1. The highest BCUT2D eigenvalue weighted by atomic mass is 15.0. The second kappa shape index (κ2) is 5.33. The molecule has 0 radical (unpaired) electrons. The Balaban J connectivity index is 2.22. The molecule has 0 saturated carbocycles. The first-order valence-corrected chi connectivity index (χ1v) is 5.92. The molecule has 0 atom stereocenters. The number of rotatable bonds is 3. The van der Waals surface area contributed by atoms with Crippen molar-refractivity contribution >= 4 is 5.82 Å². The second-order valence-electron chi connectivity index (χ2n) is 4.34. The summed E-state index contributed by atoms with van der Waals surface area (Å²) in [5.41, 5.74) is 3.90. The summed E-state index contributed by atoms with van der Waals surface area (Å²) in [4.78, 5) is 3.20. The van der Waals surface area contributed by atoms with Gasteiger partial charge in [-0.1, -0.05) is 30.3 Å². The fourth-order valence-corrected chi connectivity index (χ4v) is 1.95. The van der Waals surface area contributed by atoms with Crippen molar-refractivity contribution < 1.29 is 4.98 Å². The van der Waals surface area contributed by atoms with Crippen LogP contribution in [0.15, 0.2) is 36.4 Å². The fraction of sp³-hybridized carbons (Fsp3) is 0.200. The van der Waals surface area contributed by atoms with Crippen molar-refractivity contribution in [1.82, 2.24) is 0 Å².